The summed E-state index contributed by atoms with van der Waals surface area (Å²) in [4.78, 5) is 10.7. The van der Waals surface area contributed by atoms with E-state index in [9.17, 15) is 9.18 Å². The summed E-state index contributed by atoms with van der Waals surface area (Å²) in [5, 5.41) is 11.7. The molecule has 5 heteroatoms. The fraction of sp³-hybridized carbons (Fsp3) is 0.417. The van der Waals surface area contributed by atoms with Crippen LogP contribution in [0.15, 0.2) is 18.2 Å². The Kier molecular flexibility index (Phi) is 5.83. The zero-order valence-corrected chi connectivity index (χ0v) is 10.5. The summed E-state index contributed by atoms with van der Waals surface area (Å²) in [5.74, 6) is -0.380. The molecule has 0 bridgehead atoms. The Labute approximate surface area is 104 Å². The first-order valence-corrected chi connectivity index (χ1v) is 6.80. The van der Waals surface area contributed by atoms with Crippen molar-refractivity contribution >= 4 is 23.4 Å². The summed E-state index contributed by atoms with van der Waals surface area (Å²) >= 11 is 1.78. The Bertz CT molecular complexity index is 385. The second-order valence-electron chi connectivity index (χ2n) is 3.63. The highest BCUT2D eigenvalue weighted by Crippen LogP contribution is 2.16. The van der Waals surface area contributed by atoms with Crippen molar-refractivity contribution < 1.29 is 14.3 Å². The highest BCUT2D eigenvalue weighted by molar-refractivity contribution is 7.98. The number of carboxylic acids is 1. The van der Waals surface area contributed by atoms with Crippen molar-refractivity contribution in [2.45, 2.75) is 12.8 Å². The number of carbonyl (C=O) groups is 1. The lowest BCUT2D eigenvalue weighted by Crippen LogP contribution is -2.06. The molecule has 0 spiro atoms. The summed E-state index contributed by atoms with van der Waals surface area (Å²) < 4.78 is 13.3. The Hall–Kier alpha value is -1.23. The van der Waals surface area contributed by atoms with Gasteiger partial charge in [-0.15, -0.1) is 0 Å². The van der Waals surface area contributed by atoms with Crippen molar-refractivity contribution in [3.05, 3.63) is 29.6 Å². The molecule has 0 radical (unpaired) electrons. The van der Waals surface area contributed by atoms with Crippen LogP contribution in [0.1, 0.15) is 23.2 Å². The van der Waals surface area contributed by atoms with E-state index >= 15 is 0 Å². The fourth-order valence-corrected chi connectivity index (χ4v) is 1.88. The van der Waals surface area contributed by atoms with E-state index in [0.29, 0.717) is 6.54 Å². The maximum atomic E-state index is 13.3. The van der Waals surface area contributed by atoms with Gasteiger partial charge in [-0.05, 0) is 43.0 Å². The molecule has 0 saturated heterocycles. The third-order valence-electron chi connectivity index (χ3n) is 2.30. The molecule has 0 aromatic heterocycles. The predicted octanol–water partition coefficient (Wildman–Crippen LogP) is 3.08. The monoisotopic (exact) mass is 257 g/mol. The molecule has 0 heterocycles. The van der Waals surface area contributed by atoms with E-state index in [-0.39, 0.29) is 11.3 Å². The highest BCUT2D eigenvalue weighted by atomic mass is 32.2. The molecule has 2 N–H and O–H groups in total. The van der Waals surface area contributed by atoms with Crippen LogP contribution < -0.4 is 5.32 Å². The number of halogens is 1. The number of rotatable bonds is 7. The minimum atomic E-state index is -1.05. The van der Waals surface area contributed by atoms with E-state index in [1.54, 1.807) is 11.8 Å². The molecule has 94 valence electrons. The minimum Gasteiger partial charge on any atom is -0.478 e. The number of nitrogens with one attached hydrogen (secondary N) is 1. The summed E-state index contributed by atoms with van der Waals surface area (Å²) in [6.07, 6.45) is 4.05. The lowest BCUT2D eigenvalue weighted by atomic mass is 10.2. The molecule has 1 aromatic rings. The summed E-state index contributed by atoms with van der Waals surface area (Å²) in [7, 11) is 0. The van der Waals surface area contributed by atoms with E-state index in [4.69, 9.17) is 5.11 Å². The number of hydrogen-bond donors (Lipinski definition) is 2. The largest absolute Gasteiger partial charge is 0.478 e. The molecule has 0 saturated carbocycles. The predicted molar refractivity (Wildman–Crippen MR) is 69.5 cm³/mol. The smallest absolute Gasteiger partial charge is 0.335 e. The molecular formula is C12H16FNO2S. The standard InChI is InChI=1S/C12H16FNO2S/c1-17-7-3-2-6-14-11-8-9(12(15)16)4-5-10(11)13/h4-5,8,14H,2-3,6-7H2,1H3,(H,15,16). The van der Waals surface area contributed by atoms with Gasteiger partial charge in [0.15, 0.2) is 0 Å². The SMILES string of the molecule is CSCCCCNc1cc(C(=O)O)ccc1F. The molecule has 0 aliphatic heterocycles. The van der Waals surface area contributed by atoms with Crippen LogP contribution in [0.5, 0.6) is 0 Å². The average molecular weight is 257 g/mol. The van der Waals surface area contributed by atoms with Gasteiger partial charge in [-0.3, -0.25) is 0 Å². The lowest BCUT2D eigenvalue weighted by molar-refractivity contribution is 0.0697. The van der Waals surface area contributed by atoms with Gasteiger partial charge >= 0.3 is 5.97 Å². The highest BCUT2D eigenvalue weighted by Gasteiger charge is 2.07. The van der Waals surface area contributed by atoms with Gasteiger partial charge in [0.05, 0.1) is 11.3 Å². The quantitative estimate of drug-likeness (QED) is 0.737. The first-order chi connectivity index (χ1) is 8.15. The van der Waals surface area contributed by atoms with Gasteiger partial charge in [0.25, 0.3) is 0 Å². The van der Waals surface area contributed by atoms with Crippen molar-refractivity contribution in [2.24, 2.45) is 0 Å². The van der Waals surface area contributed by atoms with Crippen LogP contribution in [-0.4, -0.2) is 29.6 Å². The number of hydrogen-bond acceptors (Lipinski definition) is 3. The van der Waals surface area contributed by atoms with Crippen molar-refractivity contribution in [1.29, 1.82) is 0 Å². The van der Waals surface area contributed by atoms with Gasteiger partial charge in [-0.1, -0.05) is 0 Å². The van der Waals surface area contributed by atoms with Crippen molar-refractivity contribution in [1.82, 2.24) is 0 Å². The second kappa shape index (κ2) is 7.17. The first kappa shape index (κ1) is 13.8. The summed E-state index contributed by atoms with van der Waals surface area (Å²) in [6, 6.07) is 3.76. The minimum absolute atomic E-state index is 0.0954. The Morgan fingerprint density at radius 1 is 1.47 bits per heavy atom. The Morgan fingerprint density at radius 2 is 2.24 bits per heavy atom. The average Bonchev–Trinajstić information content (AvgIpc) is 2.30. The van der Waals surface area contributed by atoms with E-state index in [1.807, 2.05) is 6.26 Å². The molecule has 0 atom stereocenters. The van der Waals surface area contributed by atoms with Gasteiger partial charge in [0.2, 0.25) is 0 Å². The van der Waals surface area contributed by atoms with Crippen LogP contribution in [0.25, 0.3) is 0 Å². The van der Waals surface area contributed by atoms with Crippen molar-refractivity contribution in [3.8, 4) is 0 Å². The maximum Gasteiger partial charge on any atom is 0.335 e. The zero-order valence-electron chi connectivity index (χ0n) is 9.70. The molecule has 3 nitrogen and oxygen atoms in total. The molecule has 17 heavy (non-hydrogen) atoms. The van der Waals surface area contributed by atoms with Crippen LogP contribution in [0, 0.1) is 5.82 Å². The van der Waals surface area contributed by atoms with Gasteiger partial charge in [-0.25, -0.2) is 9.18 Å². The lowest BCUT2D eigenvalue weighted by Gasteiger charge is -2.08. The number of benzene rings is 1. The third kappa shape index (κ3) is 4.65. The van der Waals surface area contributed by atoms with Crippen LogP contribution >= 0.6 is 11.8 Å². The number of anilines is 1. The van der Waals surface area contributed by atoms with E-state index < -0.39 is 11.8 Å². The zero-order chi connectivity index (χ0) is 12.7. The van der Waals surface area contributed by atoms with Crippen LogP contribution in [0.2, 0.25) is 0 Å². The number of carboxylic acid groups (broad SMARTS) is 1. The van der Waals surface area contributed by atoms with E-state index in [2.05, 4.69) is 5.32 Å². The van der Waals surface area contributed by atoms with Crippen LogP contribution in [0.4, 0.5) is 10.1 Å². The molecule has 0 fully saturated rings. The number of unbranched alkanes of at least 4 members (excludes halogenated alkanes) is 1. The van der Waals surface area contributed by atoms with E-state index in [1.165, 1.54) is 18.2 Å². The first-order valence-electron chi connectivity index (χ1n) is 5.41. The topological polar surface area (TPSA) is 49.3 Å². The normalized spacial score (nSPS) is 10.2. The maximum absolute atomic E-state index is 13.3. The molecule has 0 unspecified atom stereocenters. The van der Waals surface area contributed by atoms with Crippen LogP contribution in [-0.2, 0) is 0 Å². The molecule has 0 amide bonds. The molecule has 1 aromatic carbocycles. The van der Waals surface area contributed by atoms with Crippen molar-refractivity contribution in [3.63, 3.8) is 0 Å². The second-order valence-corrected chi connectivity index (χ2v) is 4.61. The summed E-state index contributed by atoms with van der Waals surface area (Å²) in [6.45, 7) is 0.653. The van der Waals surface area contributed by atoms with Gasteiger partial charge in [-0.2, -0.15) is 11.8 Å². The number of aromatic carboxylic acids is 1. The van der Waals surface area contributed by atoms with Gasteiger partial charge in [0.1, 0.15) is 5.82 Å². The Morgan fingerprint density at radius 3 is 2.88 bits per heavy atom. The van der Waals surface area contributed by atoms with Gasteiger partial charge in [0, 0.05) is 6.54 Å². The molecular weight excluding hydrogens is 241 g/mol. The Balaban J connectivity index is 2.51. The van der Waals surface area contributed by atoms with Gasteiger partial charge < -0.3 is 10.4 Å². The molecule has 0 aliphatic rings. The molecule has 0 aliphatic carbocycles. The summed E-state index contributed by atoms with van der Waals surface area (Å²) in [5.41, 5.74) is 0.354. The van der Waals surface area contributed by atoms with E-state index in [0.717, 1.165) is 18.6 Å². The van der Waals surface area contributed by atoms with Crippen LogP contribution in [0.3, 0.4) is 0 Å². The number of thioether (sulfide) groups is 1. The molecule has 1 rings (SSSR count). The van der Waals surface area contributed by atoms with Crippen molar-refractivity contribution in [2.75, 3.05) is 23.9 Å². The fourth-order valence-electron chi connectivity index (χ4n) is 1.39. The third-order valence-corrected chi connectivity index (χ3v) is 3.00.